The van der Waals surface area contributed by atoms with Gasteiger partial charge in [0.25, 0.3) is 0 Å². The number of benzene rings is 4. The molecule has 0 amide bonds. The van der Waals surface area contributed by atoms with Crippen molar-refractivity contribution < 1.29 is 4.39 Å². The number of piperazine rings is 2. The van der Waals surface area contributed by atoms with Crippen LogP contribution in [0.2, 0.25) is 10.0 Å². The Morgan fingerprint density at radius 2 is 0.846 bits per heavy atom. The van der Waals surface area contributed by atoms with Crippen LogP contribution in [0.1, 0.15) is 75.2 Å². The SMILES string of the molecule is CN(C)CCCc1cnc(F)c(Nc2ncc3c(n2)-c2ccc(Cl)cc2NC(=S)C3)c1.CN1CCN(c2ccc(Nc3ncc4c(n3)-c3ccc(Cl)cc3NC(=S)C4)cn2)CC1.Cc1ccc2c(c1)NC(=S)Cc1cnc(Nc3cc(CCN4CCN(C)CC4)cnc3C)nc1-2.Cc1ccc2c(c1)NC(=S)Cc1cnc(Nc3ccc(N4CCC(N(C)C)CC4)nc3C)nc1-2. The summed E-state index contributed by atoms with van der Waals surface area (Å²) in [6.07, 6.45) is 20.1. The molecule has 0 spiro atoms. The molecule has 8 aromatic heterocycles. The average molecular weight is 1860 g/mol. The van der Waals surface area contributed by atoms with Crippen LogP contribution in [0.4, 0.5) is 85.3 Å². The van der Waals surface area contributed by atoms with Gasteiger partial charge in [-0.1, -0.05) is 96.3 Å². The molecule has 0 aliphatic carbocycles. The first kappa shape index (κ1) is 91.8. The van der Waals surface area contributed by atoms with Crippen LogP contribution in [0.3, 0.4) is 0 Å². The summed E-state index contributed by atoms with van der Waals surface area (Å²) in [5.41, 5.74) is 24.2. The van der Waals surface area contributed by atoms with E-state index in [1.807, 2.05) is 101 Å². The maximum Gasteiger partial charge on any atom is 0.236 e. The van der Waals surface area contributed by atoms with Gasteiger partial charge in [-0.05, 0) is 216 Å². The van der Waals surface area contributed by atoms with Gasteiger partial charge in [-0.2, -0.15) is 4.39 Å². The number of aryl methyl sites for hydroxylation is 5. The maximum absolute atomic E-state index is 14.4. The minimum Gasteiger partial charge on any atom is -0.356 e. The summed E-state index contributed by atoms with van der Waals surface area (Å²) in [7, 11) is 12.7. The second-order valence-electron chi connectivity index (χ2n) is 34.3. The standard InChI is InChI=1S/2C26H31N7S.C22H22ClFN6S.C22H22ClN7S/c1-16-5-6-20-22(13-16)29-24(34)14-18-15-27-26(31-25(18)20)30-21-7-8-23(28-17(21)2)33-11-9-19(10-12-33)32(3)4;1-17-4-5-21-23(12-17)29-24(34)14-20-16-28-26(31-25(20)21)30-22-13-19(15-27-18(22)2)6-7-33-10-8-32(3)9-11-33;1-30(2)7-3-4-13-8-18(21(24)25-11-13)28-22-26-12-14-9-19(31)27-17-10-15(23)5-6-16(17)20(14)29-22;1-29-6-8-30(9-7-29)19-5-3-16(13-24-19)26-22-25-12-14-10-20(31)27-18-11-15(23)2-4-17(18)21(14)28-22/h5-8,13,15,19H,9-12,14H2,1-4H3,(H,29,34)(H,27,30,31);4-5,12-13,15-16H,6-11,14H2,1-3H3,(H,29,34)(H,28,30,31);5-6,8,10-12H,3-4,7,9H2,1-2H3,(H,27,31)(H,26,28,29);2-5,11-13H,6-10H2,1H3,(H,27,31)(H,25,26,28). The molecular formula is C96H106Cl2FN27S4. The molecule has 3 saturated heterocycles. The largest absolute Gasteiger partial charge is 0.356 e. The molecule has 7 aliphatic rings. The van der Waals surface area contributed by atoms with Crippen LogP contribution < -0.4 is 52.3 Å². The number of nitrogens with one attached hydrogen (secondary N) is 8. The molecule has 7 aliphatic heterocycles. The Kier molecular flexibility index (Phi) is 29.4. The highest BCUT2D eigenvalue weighted by molar-refractivity contribution is 7.81. The molecule has 0 bridgehead atoms. The van der Waals surface area contributed by atoms with Crippen molar-refractivity contribution in [1.29, 1.82) is 0 Å². The molecule has 0 atom stereocenters. The Balaban J connectivity index is 0.000000127. The molecule has 19 rings (SSSR count). The zero-order chi connectivity index (χ0) is 90.8. The number of thiocarbonyl (C=S) groups is 4. The molecule has 0 radical (unpaired) electrons. The van der Waals surface area contributed by atoms with Crippen LogP contribution >= 0.6 is 72.1 Å². The predicted octanol–water partition coefficient (Wildman–Crippen LogP) is 17.6. The van der Waals surface area contributed by atoms with E-state index in [9.17, 15) is 4.39 Å². The van der Waals surface area contributed by atoms with Gasteiger partial charge in [-0.25, -0.2) is 54.8 Å². The van der Waals surface area contributed by atoms with Crippen molar-refractivity contribution in [2.45, 2.75) is 91.5 Å². The number of pyridine rings is 4. The van der Waals surface area contributed by atoms with Crippen LogP contribution in [0.15, 0.2) is 153 Å². The number of aromatic nitrogens is 12. The number of hydrogen-bond acceptors (Lipinski definition) is 27. The third-order valence-electron chi connectivity index (χ3n) is 23.9. The molecule has 15 heterocycles. The molecule has 12 aromatic rings. The molecule has 130 heavy (non-hydrogen) atoms. The van der Waals surface area contributed by atoms with Gasteiger partial charge in [0.05, 0.1) is 83.1 Å². The first-order valence-corrected chi connectivity index (χ1v) is 46.1. The molecule has 8 N–H and O–H groups in total. The minimum atomic E-state index is -0.593. The van der Waals surface area contributed by atoms with E-state index < -0.39 is 5.95 Å². The van der Waals surface area contributed by atoms with Crippen LogP contribution in [-0.4, -0.2) is 231 Å². The number of piperidine rings is 1. The number of fused-ring (bicyclic) bond motifs is 12. The molecule has 0 unspecified atom stereocenters. The quantitative estimate of drug-likeness (QED) is 0.0293. The Morgan fingerprint density at radius 3 is 1.32 bits per heavy atom. The van der Waals surface area contributed by atoms with Crippen molar-refractivity contribution in [3.63, 3.8) is 0 Å². The topological polar surface area (TPSA) is 274 Å². The lowest BCUT2D eigenvalue weighted by Crippen LogP contribution is -2.45. The summed E-state index contributed by atoms with van der Waals surface area (Å²) >= 11 is 34.3. The summed E-state index contributed by atoms with van der Waals surface area (Å²) < 4.78 is 14.4. The van der Waals surface area contributed by atoms with Gasteiger partial charge in [0.15, 0.2) is 0 Å². The molecule has 4 aromatic carbocycles. The van der Waals surface area contributed by atoms with Crippen LogP contribution in [-0.2, 0) is 38.5 Å². The highest BCUT2D eigenvalue weighted by Crippen LogP contribution is 2.41. The first-order chi connectivity index (χ1) is 62.7. The summed E-state index contributed by atoms with van der Waals surface area (Å²) in [4.78, 5) is 74.6. The summed E-state index contributed by atoms with van der Waals surface area (Å²) in [5, 5.41) is 27.5. The van der Waals surface area contributed by atoms with Crippen molar-refractivity contribution in [3.8, 4) is 45.0 Å². The Morgan fingerprint density at radius 1 is 0.415 bits per heavy atom. The van der Waals surface area contributed by atoms with E-state index in [1.54, 1.807) is 24.5 Å². The van der Waals surface area contributed by atoms with Gasteiger partial charge in [0, 0.05) is 218 Å². The third kappa shape index (κ3) is 23.2. The van der Waals surface area contributed by atoms with E-state index in [-0.39, 0.29) is 5.69 Å². The molecule has 27 nitrogen and oxygen atoms in total. The van der Waals surface area contributed by atoms with Crippen LogP contribution in [0.5, 0.6) is 0 Å². The maximum atomic E-state index is 14.4. The number of likely N-dealkylation sites (N-methyl/N-ethyl adjacent to an activating group) is 2. The van der Waals surface area contributed by atoms with Crippen LogP contribution in [0, 0.1) is 33.6 Å². The second-order valence-corrected chi connectivity index (χ2v) is 37.1. The molecule has 0 saturated carbocycles. The monoisotopic (exact) mass is 1850 g/mol. The fraction of sp³-hybridized carbons (Fsp3) is 0.333. The smallest absolute Gasteiger partial charge is 0.236 e. The van der Waals surface area contributed by atoms with Gasteiger partial charge in [-0.15, -0.1) is 0 Å². The molecule has 670 valence electrons. The van der Waals surface area contributed by atoms with E-state index in [0.717, 1.165) is 261 Å². The van der Waals surface area contributed by atoms with E-state index in [2.05, 4.69) is 213 Å². The zero-order valence-electron chi connectivity index (χ0n) is 74.6. The third-order valence-corrected chi connectivity index (χ3v) is 25.3. The number of nitrogens with zero attached hydrogens (tertiary/aromatic N) is 19. The highest BCUT2D eigenvalue weighted by atomic mass is 35.5. The van der Waals surface area contributed by atoms with E-state index >= 15 is 0 Å². The van der Waals surface area contributed by atoms with Gasteiger partial charge < -0.3 is 76.8 Å². The van der Waals surface area contributed by atoms with Gasteiger partial charge in [0.1, 0.15) is 11.6 Å². The fourth-order valence-corrected chi connectivity index (χ4v) is 17.9. The zero-order valence-corrected chi connectivity index (χ0v) is 79.4. The van der Waals surface area contributed by atoms with Crippen molar-refractivity contribution >= 4 is 173 Å². The van der Waals surface area contributed by atoms with Gasteiger partial charge >= 0.3 is 0 Å². The highest BCUT2D eigenvalue weighted by Gasteiger charge is 2.28. The molecular weight excluding hydrogens is 1750 g/mol. The van der Waals surface area contributed by atoms with Crippen molar-refractivity contribution in [2.24, 2.45) is 0 Å². The summed E-state index contributed by atoms with van der Waals surface area (Å²) in [6.45, 7) is 20.9. The summed E-state index contributed by atoms with van der Waals surface area (Å²) in [5.74, 6) is 3.37. The Labute approximate surface area is 790 Å². The number of hydrogen-bond donors (Lipinski definition) is 8. The van der Waals surface area contributed by atoms with Gasteiger partial charge in [0.2, 0.25) is 29.7 Å². The molecule has 3 fully saturated rings. The minimum absolute atomic E-state index is 0.251. The fourth-order valence-electron chi connectivity index (χ4n) is 16.5. The average Bonchev–Trinajstić information content (AvgIpc) is 1.58. The predicted molar refractivity (Wildman–Crippen MR) is 542 cm³/mol. The van der Waals surface area contributed by atoms with Crippen molar-refractivity contribution in [2.75, 3.05) is 173 Å². The normalized spacial score (nSPS) is 15.4. The summed E-state index contributed by atoms with van der Waals surface area (Å²) in [6, 6.07) is 36.6. The Bertz CT molecular complexity index is 6200. The van der Waals surface area contributed by atoms with Crippen LogP contribution in [0.25, 0.3) is 45.0 Å². The lowest BCUT2D eigenvalue weighted by molar-refractivity contribution is 0.155. The first-order valence-electron chi connectivity index (χ1n) is 43.7. The second kappa shape index (κ2) is 41.7. The van der Waals surface area contributed by atoms with E-state index in [1.165, 1.54) is 16.7 Å². The lowest BCUT2D eigenvalue weighted by atomic mass is 10.0. The van der Waals surface area contributed by atoms with E-state index in [0.29, 0.717) is 70.6 Å². The number of halogens is 3. The number of rotatable bonds is 18. The number of anilines is 14. The Hall–Kier alpha value is -11.5. The van der Waals surface area contributed by atoms with Gasteiger partial charge in [-0.3, -0.25) is 4.98 Å². The van der Waals surface area contributed by atoms with Crippen molar-refractivity contribution in [1.82, 2.24) is 84.3 Å². The van der Waals surface area contributed by atoms with Crippen molar-refractivity contribution in [3.05, 3.63) is 224 Å². The van der Waals surface area contributed by atoms with E-state index in [4.69, 9.17) is 92.0 Å². The lowest BCUT2D eigenvalue weighted by Gasteiger charge is -2.36. The molecule has 34 heteroatoms.